The van der Waals surface area contributed by atoms with Crippen LogP contribution in [0.2, 0.25) is 0 Å². The number of nitrogens with one attached hydrogen (secondary N) is 1. The van der Waals surface area contributed by atoms with Crippen LogP contribution in [0.5, 0.6) is 0 Å². The normalized spacial score (nSPS) is 10.3. The summed E-state index contributed by atoms with van der Waals surface area (Å²) in [6.07, 6.45) is 1.10. The van der Waals surface area contributed by atoms with Crippen LogP contribution < -0.4 is 10.2 Å². The van der Waals surface area contributed by atoms with E-state index < -0.39 is 0 Å². The molecular formula is C14H19N3S. The molecule has 2 rings (SSSR count). The van der Waals surface area contributed by atoms with Gasteiger partial charge in [-0.15, -0.1) is 11.3 Å². The predicted octanol–water partition coefficient (Wildman–Crippen LogP) is 3.39. The highest BCUT2D eigenvalue weighted by atomic mass is 32.1. The van der Waals surface area contributed by atoms with Crippen molar-refractivity contribution in [1.29, 1.82) is 0 Å². The number of nitrogens with zero attached hydrogens (tertiary/aromatic N) is 2. The first-order valence-corrected chi connectivity index (χ1v) is 7.06. The number of para-hydroxylation sites is 1. The molecule has 0 fully saturated rings. The zero-order chi connectivity index (χ0) is 12.8. The summed E-state index contributed by atoms with van der Waals surface area (Å²) in [5, 5.41) is 6.44. The molecule has 0 radical (unpaired) electrons. The summed E-state index contributed by atoms with van der Waals surface area (Å²) >= 11 is 1.67. The molecule has 0 atom stereocenters. The van der Waals surface area contributed by atoms with Gasteiger partial charge in [0.1, 0.15) is 0 Å². The highest BCUT2D eigenvalue weighted by molar-refractivity contribution is 7.13. The molecule has 0 amide bonds. The molecule has 0 bridgehead atoms. The third-order valence-corrected chi connectivity index (χ3v) is 3.68. The van der Waals surface area contributed by atoms with E-state index in [4.69, 9.17) is 0 Å². The average Bonchev–Trinajstić information content (AvgIpc) is 2.81. The minimum Gasteiger partial charge on any atom is -0.375 e. The fourth-order valence-electron chi connectivity index (χ4n) is 1.76. The molecule has 1 heterocycles. The van der Waals surface area contributed by atoms with Gasteiger partial charge in [-0.25, -0.2) is 4.98 Å². The van der Waals surface area contributed by atoms with Gasteiger partial charge in [-0.3, -0.25) is 0 Å². The summed E-state index contributed by atoms with van der Waals surface area (Å²) in [7, 11) is 2.13. The molecule has 1 aromatic carbocycles. The van der Waals surface area contributed by atoms with E-state index in [1.807, 2.05) is 13.0 Å². The molecule has 3 nitrogen and oxygen atoms in total. The van der Waals surface area contributed by atoms with Crippen LogP contribution in [0.3, 0.4) is 0 Å². The largest absolute Gasteiger partial charge is 0.375 e. The molecule has 96 valence electrons. The van der Waals surface area contributed by atoms with Gasteiger partial charge in [0.15, 0.2) is 5.13 Å². The first-order valence-electron chi connectivity index (χ1n) is 6.18. The Morgan fingerprint density at radius 2 is 2.06 bits per heavy atom. The van der Waals surface area contributed by atoms with Crippen molar-refractivity contribution < 1.29 is 0 Å². The zero-order valence-electron chi connectivity index (χ0n) is 10.9. The Balaban J connectivity index is 1.69. The van der Waals surface area contributed by atoms with E-state index >= 15 is 0 Å². The lowest BCUT2D eigenvalue weighted by Gasteiger charge is -2.19. The summed E-state index contributed by atoms with van der Waals surface area (Å²) in [4.78, 5) is 6.65. The number of benzene rings is 1. The van der Waals surface area contributed by atoms with E-state index in [9.17, 15) is 0 Å². The predicted molar refractivity (Wildman–Crippen MR) is 79.7 cm³/mol. The number of aromatic nitrogens is 1. The van der Waals surface area contributed by atoms with Crippen LogP contribution in [0, 0.1) is 6.92 Å². The maximum Gasteiger partial charge on any atom is 0.182 e. The molecular weight excluding hydrogens is 242 g/mol. The second-order valence-electron chi connectivity index (χ2n) is 4.33. The van der Waals surface area contributed by atoms with Crippen molar-refractivity contribution in [3.63, 3.8) is 0 Å². The fourth-order valence-corrected chi connectivity index (χ4v) is 2.48. The van der Waals surface area contributed by atoms with Crippen LogP contribution in [0.4, 0.5) is 10.8 Å². The van der Waals surface area contributed by atoms with Gasteiger partial charge >= 0.3 is 0 Å². The maximum atomic E-state index is 4.38. The SMILES string of the molecule is Cc1csc(NCCCN(C)c2ccccc2)n1. The van der Waals surface area contributed by atoms with E-state index in [0.29, 0.717) is 0 Å². The van der Waals surface area contributed by atoms with Crippen molar-refractivity contribution in [2.75, 3.05) is 30.4 Å². The van der Waals surface area contributed by atoms with Gasteiger partial charge in [0.05, 0.1) is 5.69 Å². The van der Waals surface area contributed by atoms with Crippen molar-refractivity contribution in [2.45, 2.75) is 13.3 Å². The van der Waals surface area contributed by atoms with Gasteiger partial charge < -0.3 is 10.2 Å². The average molecular weight is 261 g/mol. The molecule has 0 aliphatic carbocycles. The van der Waals surface area contributed by atoms with Crippen LogP contribution in [0.1, 0.15) is 12.1 Å². The Hall–Kier alpha value is -1.55. The number of hydrogen-bond acceptors (Lipinski definition) is 4. The molecule has 1 N–H and O–H groups in total. The Bertz CT molecular complexity index is 467. The van der Waals surface area contributed by atoms with Crippen LogP contribution in [0.15, 0.2) is 35.7 Å². The zero-order valence-corrected chi connectivity index (χ0v) is 11.7. The molecule has 0 spiro atoms. The maximum absolute atomic E-state index is 4.38. The lowest BCUT2D eigenvalue weighted by molar-refractivity contribution is 0.815. The van der Waals surface area contributed by atoms with E-state index in [1.165, 1.54) is 5.69 Å². The minimum atomic E-state index is 0.962. The number of thiazole rings is 1. The van der Waals surface area contributed by atoms with E-state index in [0.717, 1.165) is 30.3 Å². The summed E-state index contributed by atoms with van der Waals surface area (Å²) in [5.74, 6) is 0. The Labute approximate surface area is 112 Å². The topological polar surface area (TPSA) is 28.2 Å². The Morgan fingerprint density at radius 3 is 2.72 bits per heavy atom. The van der Waals surface area contributed by atoms with Gasteiger partial charge in [0, 0.05) is 31.2 Å². The molecule has 18 heavy (non-hydrogen) atoms. The summed E-state index contributed by atoms with van der Waals surface area (Å²) < 4.78 is 0. The highest BCUT2D eigenvalue weighted by Gasteiger charge is 2.00. The van der Waals surface area contributed by atoms with Crippen molar-refractivity contribution in [3.05, 3.63) is 41.4 Å². The van der Waals surface area contributed by atoms with Crippen LogP contribution in [-0.2, 0) is 0 Å². The Morgan fingerprint density at radius 1 is 1.28 bits per heavy atom. The third-order valence-electron chi connectivity index (χ3n) is 2.76. The summed E-state index contributed by atoms with van der Waals surface area (Å²) in [6.45, 7) is 4.02. The van der Waals surface area contributed by atoms with Crippen molar-refractivity contribution in [2.24, 2.45) is 0 Å². The van der Waals surface area contributed by atoms with Crippen LogP contribution in [0.25, 0.3) is 0 Å². The first-order chi connectivity index (χ1) is 8.75. The number of rotatable bonds is 6. The lowest BCUT2D eigenvalue weighted by atomic mass is 10.3. The lowest BCUT2D eigenvalue weighted by Crippen LogP contribution is -2.20. The molecule has 1 aromatic heterocycles. The number of anilines is 2. The first kappa shape index (κ1) is 12.9. The standard InChI is InChI=1S/C14H19N3S/c1-12-11-18-14(16-12)15-9-6-10-17(2)13-7-4-3-5-8-13/h3-5,7-8,11H,6,9-10H2,1-2H3,(H,15,16). The van der Waals surface area contributed by atoms with Gasteiger partial charge in [-0.05, 0) is 25.5 Å². The highest BCUT2D eigenvalue weighted by Crippen LogP contribution is 2.14. The third kappa shape index (κ3) is 3.74. The molecule has 0 saturated carbocycles. The van der Waals surface area contributed by atoms with Gasteiger partial charge in [-0.2, -0.15) is 0 Å². The monoisotopic (exact) mass is 261 g/mol. The Kier molecular flexibility index (Phi) is 4.59. The van der Waals surface area contributed by atoms with Crippen LogP contribution >= 0.6 is 11.3 Å². The fraction of sp³-hybridized carbons (Fsp3) is 0.357. The van der Waals surface area contributed by atoms with Gasteiger partial charge in [-0.1, -0.05) is 18.2 Å². The van der Waals surface area contributed by atoms with Crippen molar-refractivity contribution >= 4 is 22.2 Å². The molecule has 0 unspecified atom stereocenters. The summed E-state index contributed by atoms with van der Waals surface area (Å²) in [5.41, 5.74) is 2.35. The smallest absolute Gasteiger partial charge is 0.182 e. The molecule has 0 aliphatic rings. The second kappa shape index (κ2) is 6.40. The second-order valence-corrected chi connectivity index (χ2v) is 5.19. The van der Waals surface area contributed by atoms with E-state index in [1.54, 1.807) is 11.3 Å². The number of hydrogen-bond donors (Lipinski definition) is 1. The molecule has 0 saturated heterocycles. The number of aryl methyl sites for hydroxylation is 1. The van der Waals surface area contributed by atoms with Crippen molar-refractivity contribution in [1.82, 2.24) is 4.98 Å². The minimum absolute atomic E-state index is 0.962. The molecule has 2 aromatic rings. The molecule has 4 heteroatoms. The molecule has 0 aliphatic heterocycles. The summed E-state index contributed by atoms with van der Waals surface area (Å²) in [6, 6.07) is 10.5. The van der Waals surface area contributed by atoms with Gasteiger partial charge in [0.25, 0.3) is 0 Å². The quantitative estimate of drug-likeness (QED) is 0.808. The van der Waals surface area contributed by atoms with E-state index in [2.05, 4.69) is 51.9 Å². The van der Waals surface area contributed by atoms with Crippen LogP contribution in [-0.4, -0.2) is 25.1 Å². The van der Waals surface area contributed by atoms with Gasteiger partial charge in [0.2, 0.25) is 0 Å². The van der Waals surface area contributed by atoms with E-state index in [-0.39, 0.29) is 0 Å². The van der Waals surface area contributed by atoms with Crippen molar-refractivity contribution in [3.8, 4) is 0 Å².